The van der Waals surface area contributed by atoms with E-state index in [1.807, 2.05) is 0 Å². The van der Waals surface area contributed by atoms with Gasteiger partial charge in [0.25, 0.3) is 5.91 Å². The second kappa shape index (κ2) is 8.08. The third kappa shape index (κ3) is 4.01. The van der Waals surface area contributed by atoms with Crippen molar-refractivity contribution < 1.29 is 32.3 Å². The number of aromatic nitrogens is 2. The lowest BCUT2D eigenvalue weighted by Crippen LogP contribution is -2.39. The Morgan fingerprint density at radius 2 is 2.06 bits per heavy atom. The van der Waals surface area contributed by atoms with Gasteiger partial charge in [0, 0.05) is 56.9 Å². The van der Waals surface area contributed by atoms with E-state index in [0.717, 1.165) is 6.07 Å². The number of anilines is 1. The number of nitrogens with one attached hydrogen (secondary N) is 1. The van der Waals surface area contributed by atoms with E-state index in [9.17, 15) is 32.3 Å². The SMILES string of the molecule is CN1CC(CO)Cn2nc3c(c2C1=O)CN(C(=O)Nc1ccc(F)c(C(F)(F)F)c1)CC3. The highest BCUT2D eigenvalue weighted by atomic mass is 19.4. The fraction of sp³-hybridized carbons (Fsp3) is 0.450. The fourth-order valence-corrected chi connectivity index (χ4v) is 4.06. The number of halogens is 4. The highest BCUT2D eigenvalue weighted by molar-refractivity contribution is 5.95. The van der Waals surface area contributed by atoms with Gasteiger partial charge in [-0.05, 0) is 18.2 Å². The van der Waals surface area contributed by atoms with Gasteiger partial charge in [-0.2, -0.15) is 18.3 Å². The van der Waals surface area contributed by atoms with Gasteiger partial charge in [-0.3, -0.25) is 9.48 Å². The first-order valence-electron chi connectivity index (χ1n) is 9.96. The normalized spacial score (nSPS) is 18.8. The van der Waals surface area contributed by atoms with Gasteiger partial charge >= 0.3 is 12.2 Å². The highest BCUT2D eigenvalue weighted by Crippen LogP contribution is 2.33. The van der Waals surface area contributed by atoms with Gasteiger partial charge in [-0.25, -0.2) is 9.18 Å². The average molecular weight is 455 g/mol. The first-order valence-corrected chi connectivity index (χ1v) is 9.96. The summed E-state index contributed by atoms with van der Waals surface area (Å²) in [4.78, 5) is 28.5. The number of hydrogen-bond acceptors (Lipinski definition) is 4. The van der Waals surface area contributed by atoms with Gasteiger partial charge < -0.3 is 20.2 Å². The number of alkyl halides is 3. The maximum absolute atomic E-state index is 13.5. The minimum absolute atomic E-state index is 0.0488. The molecule has 1 unspecified atom stereocenters. The molecule has 2 aromatic rings. The quantitative estimate of drug-likeness (QED) is 0.681. The summed E-state index contributed by atoms with van der Waals surface area (Å²) in [6.07, 6.45) is -4.53. The van der Waals surface area contributed by atoms with Gasteiger partial charge in [0.15, 0.2) is 0 Å². The maximum atomic E-state index is 13.5. The molecule has 0 radical (unpaired) electrons. The van der Waals surface area contributed by atoms with Crippen molar-refractivity contribution in [3.63, 3.8) is 0 Å². The molecule has 172 valence electrons. The van der Waals surface area contributed by atoms with Crippen LogP contribution in [0, 0.1) is 11.7 Å². The summed E-state index contributed by atoms with van der Waals surface area (Å²) in [6.45, 7) is 0.914. The van der Waals surface area contributed by atoms with Gasteiger partial charge in [0.2, 0.25) is 0 Å². The van der Waals surface area contributed by atoms with Crippen molar-refractivity contribution in [2.24, 2.45) is 5.92 Å². The lowest BCUT2D eigenvalue weighted by Gasteiger charge is -2.27. The van der Waals surface area contributed by atoms with Crippen molar-refractivity contribution in [2.45, 2.75) is 25.7 Å². The molecule has 1 atom stereocenters. The molecule has 1 aromatic heterocycles. The predicted octanol–water partition coefficient (Wildman–Crippen LogP) is 2.33. The van der Waals surface area contributed by atoms with Crippen LogP contribution >= 0.6 is 0 Å². The van der Waals surface area contributed by atoms with E-state index in [2.05, 4.69) is 10.4 Å². The summed E-state index contributed by atoms with van der Waals surface area (Å²) in [5.74, 6) is -1.87. The third-order valence-corrected chi connectivity index (χ3v) is 5.68. The zero-order valence-corrected chi connectivity index (χ0v) is 17.1. The average Bonchev–Trinajstić information content (AvgIpc) is 3.04. The van der Waals surface area contributed by atoms with Gasteiger partial charge in [0.1, 0.15) is 11.5 Å². The van der Waals surface area contributed by atoms with E-state index in [1.165, 1.54) is 9.80 Å². The standard InChI is InChI=1S/C20H21F4N5O3/c1-27-7-11(10-30)8-29-17(18(27)31)13-9-28(5-4-16(13)26-29)19(32)25-12-2-3-15(21)14(6-12)20(22,23)24/h2-3,6,11,30H,4-5,7-10H2,1H3,(H,25,32). The van der Waals surface area contributed by atoms with Crippen LogP contribution in [0.4, 0.5) is 28.0 Å². The van der Waals surface area contributed by atoms with Crippen molar-refractivity contribution in [1.82, 2.24) is 19.6 Å². The van der Waals surface area contributed by atoms with Crippen LogP contribution in [0.2, 0.25) is 0 Å². The minimum atomic E-state index is -4.89. The number of aliphatic hydroxyl groups excluding tert-OH is 1. The topological polar surface area (TPSA) is 90.7 Å². The highest BCUT2D eigenvalue weighted by Gasteiger charge is 2.36. The van der Waals surface area contributed by atoms with E-state index in [-0.39, 0.29) is 37.2 Å². The molecule has 0 saturated carbocycles. The summed E-state index contributed by atoms with van der Waals surface area (Å²) in [7, 11) is 1.63. The molecule has 3 heterocycles. The number of amides is 3. The van der Waals surface area contributed by atoms with E-state index < -0.39 is 23.6 Å². The van der Waals surface area contributed by atoms with Crippen LogP contribution in [0.25, 0.3) is 0 Å². The molecule has 3 amide bonds. The molecule has 4 rings (SSSR count). The number of benzene rings is 1. The van der Waals surface area contributed by atoms with Crippen LogP contribution in [-0.4, -0.2) is 63.4 Å². The number of nitrogens with zero attached hydrogens (tertiary/aromatic N) is 4. The summed E-state index contributed by atoms with van der Waals surface area (Å²) in [5.41, 5.74) is -0.0604. The van der Waals surface area contributed by atoms with E-state index in [0.29, 0.717) is 48.6 Å². The number of urea groups is 1. The molecule has 0 aliphatic carbocycles. The molecule has 2 N–H and O–H groups in total. The van der Waals surface area contributed by atoms with Crippen LogP contribution in [0.1, 0.15) is 27.3 Å². The number of carbonyl (C=O) groups excluding carboxylic acids is 2. The third-order valence-electron chi connectivity index (χ3n) is 5.68. The van der Waals surface area contributed by atoms with E-state index >= 15 is 0 Å². The Balaban J connectivity index is 1.56. The maximum Gasteiger partial charge on any atom is 0.419 e. The Labute approximate surface area is 180 Å². The van der Waals surface area contributed by atoms with Crippen molar-refractivity contribution >= 4 is 17.6 Å². The second-order valence-corrected chi connectivity index (χ2v) is 7.98. The Morgan fingerprint density at radius 3 is 2.75 bits per heavy atom. The first kappa shape index (κ1) is 22.1. The lowest BCUT2D eigenvalue weighted by molar-refractivity contribution is -0.139. The number of carbonyl (C=O) groups is 2. The Hall–Kier alpha value is -3.15. The molecule has 2 aliphatic rings. The van der Waals surface area contributed by atoms with Crippen molar-refractivity contribution in [3.8, 4) is 0 Å². The van der Waals surface area contributed by atoms with Crippen LogP contribution in [0.15, 0.2) is 18.2 Å². The molecular formula is C20H21F4N5O3. The smallest absolute Gasteiger partial charge is 0.396 e. The summed E-state index contributed by atoms with van der Waals surface area (Å²) < 4.78 is 53.9. The first-order chi connectivity index (χ1) is 15.1. The second-order valence-electron chi connectivity index (χ2n) is 7.98. The largest absolute Gasteiger partial charge is 0.419 e. The van der Waals surface area contributed by atoms with Crippen molar-refractivity contribution in [1.29, 1.82) is 0 Å². The molecule has 0 saturated heterocycles. The lowest BCUT2D eigenvalue weighted by atomic mass is 10.0. The molecule has 1 aromatic carbocycles. The van der Waals surface area contributed by atoms with Gasteiger partial charge in [0.05, 0.1) is 17.8 Å². The Kier molecular flexibility index (Phi) is 5.57. The molecule has 32 heavy (non-hydrogen) atoms. The van der Waals surface area contributed by atoms with E-state index in [4.69, 9.17) is 0 Å². The Bertz CT molecular complexity index is 1070. The molecule has 12 heteroatoms. The number of aliphatic hydroxyl groups is 1. The molecule has 0 fully saturated rings. The van der Waals surface area contributed by atoms with Crippen LogP contribution in [0.5, 0.6) is 0 Å². The summed E-state index contributed by atoms with van der Waals surface area (Å²) >= 11 is 0. The van der Waals surface area contributed by atoms with Gasteiger partial charge in [-0.15, -0.1) is 0 Å². The molecule has 0 bridgehead atoms. The van der Waals surface area contributed by atoms with Crippen molar-refractivity contribution in [2.75, 3.05) is 32.1 Å². The van der Waals surface area contributed by atoms with Crippen LogP contribution in [-0.2, 0) is 25.7 Å². The number of fused-ring (bicyclic) bond motifs is 3. The summed E-state index contributed by atoms with van der Waals surface area (Å²) in [5, 5.41) is 16.4. The molecule has 8 nitrogen and oxygen atoms in total. The zero-order chi connectivity index (χ0) is 23.2. The van der Waals surface area contributed by atoms with Gasteiger partial charge in [-0.1, -0.05) is 0 Å². The minimum Gasteiger partial charge on any atom is -0.396 e. The van der Waals surface area contributed by atoms with Crippen LogP contribution in [0.3, 0.4) is 0 Å². The van der Waals surface area contributed by atoms with E-state index in [1.54, 1.807) is 11.7 Å². The predicted molar refractivity (Wildman–Crippen MR) is 104 cm³/mol. The number of hydrogen-bond donors (Lipinski definition) is 2. The zero-order valence-electron chi connectivity index (χ0n) is 17.1. The molecule has 2 aliphatic heterocycles. The Morgan fingerprint density at radius 1 is 1.31 bits per heavy atom. The molecule has 0 spiro atoms. The number of rotatable bonds is 2. The summed E-state index contributed by atoms with van der Waals surface area (Å²) in [6, 6.07) is 1.58. The monoisotopic (exact) mass is 455 g/mol. The fourth-order valence-electron chi connectivity index (χ4n) is 4.06. The van der Waals surface area contributed by atoms with Crippen molar-refractivity contribution in [3.05, 3.63) is 46.5 Å². The molecular weight excluding hydrogens is 434 g/mol. The van der Waals surface area contributed by atoms with Crippen LogP contribution < -0.4 is 5.32 Å².